The van der Waals surface area contributed by atoms with Gasteiger partial charge in [0.25, 0.3) is 0 Å². The van der Waals surface area contributed by atoms with Crippen LogP contribution >= 0.6 is 0 Å². The van der Waals surface area contributed by atoms with E-state index in [0.29, 0.717) is 31.0 Å². The highest BCUT2D eigenvalue weighted by Gasteiger charge is 2.02. The molecule has 0 unspecified atom stereocenters. The van der Waals surface area contributed by atoms with Crippen molar-refractivity contribution in [2.24, 2.45) is 5.73 Å². The predicted molar refractivity (Wildman–Crippen MR) is 80.6 cm³/mol. The van der Waals surface area contributed by atoms with Gasteiger partial charge in [-0.25, -0.2) is 4.79 Å². The van der Waals surface area contributed by atoms with Crippen LogP contribution in [0.15, 0.2) is 42.5 Å². The molecule has 1 rings (SSSR count). The first-order valence-electron chi connectivity index (χ1n) is 6.52. The molecule has 5 heteroatoms. The van der Waals surface area contributed by atoms with Crippen molar-refractivity contribution in [3.63, 3.8) is 0 Å². The monoisotopic (exact) mass is 289 g/mol. The Hall–Kier alpha value is -2.56. The normalized spacial score (nSPS) is 10.3. The fraction of sp³-hybridized carbons (Fsp3) is 0.250. The van der Waals surface area contributed by atoms with Crippen LogP contribution < -0.4 is 10.5 Å². The summed E-state index contributed by atoms with van der Waals surface area (Å²) in [5.41, 5.74) is 6.26. The Bertz CT molecular complexity index is 532. The minimum atomic E-state index is -0.486. The molecule has 5 nitrogen and oxygen atoms in total. The molecule has 0 aliphatic rings. The Kier molecular flexibility index (Phi) is 6.74. The molecule has 112 valence electrons. The molecule has 0 aliphatic carbocycles. The summed E-state index contributed by atoms with van der Waals surface area (Å²) in [6.07, 6.45) is 3.53. The molecular weight excluding hydrogens is 270 g/mol. The molecule has 0 aliphatic heterocycles. The Morgan fingerprint density at radius 2 is 1.90 bits per heavy atom. The van der Waals surface area contributed by atoms with Crippen LogP contribution in [0.1, 0.15) is 18.9 Å². The molecular formula is C16H19NO4. The Morgan fingerprint density at radius 3 is 2.48 bits per heavy atom. The molecule has 0 aromatic heterocycles. The highest BCUT2D eigenvalue weighted by atomic mass is 16.5. The average Bonchev–Trinajstić information content (AvgIpc) is 2.45. The lowest BCUT2D eigenvalue weighted by molar-refractivity contribution is -0.139. The van der Waals surface area contributed by atoms with Gasteiger partial charge in [-0.2, -0.15) is 0 Å². The standard InChI is InChI=1S/C16H19NO4/c1-12(2)16(19)21-11-3-10-20-14-7-4-13(5-8-14)6-9-15(17)18/h4-9H,1,3,10-11H2,2H3,(H2,17,18)/b9-6+. The van der Waals surface area contributed by atoms with Crippen molar-refractivity contribution >= 4 is 18.0 Å². The first-order valence-corrected chi connectivity index (χ1v) is 6.52. The van der Waals surface area contributed by atoms with E-state index >= 15 is 0 Å². The van der Waals surface area contributed by atoms with E-state index in [1.807, 2.05) is 12.1 Å². The minimum absolute atomic E-state index is 0.297. The van der Waals surface area contributed by atoms with E-state index in [1.54, 1.807) is 25.1 Å². The number of nitrogens with two attached hydrogens (primary N) is 1. The molecule has 0 atom stereocenters. The first-order chi connectivity index (χ1) is 9.99. The van der Waals surface area contributed by atoms with Crippen LogP contribution in [0.2, 0.25) is 0 Å². The number of rotatable bonds is 8. The van der Waals surface area contributed by atoms with Crippen LogP contribution in [0.4, 0.5) is 0 Å². The van der Waals surface area contributed by atoms with Gasteiger partial charge in [-0.15, -0.1) is 0 Å². The van der Waals surface area contributed by atoms with Crippen molar-refractivity contribution in [2.75, 3.05) is 13.2 Å². The lowest BCUT2D eigenvalue weighted by atomic mass is 10.2. The van der Waals surface area contributed by atoms with Crippen LogP contribution in [0, 0.1) is 0 Å². The number of carbonyl (C=O) groups is 2. The van der Waals surface area contributed by atoms with Crippen molar-refractivity contribution in [1.82, 2.24) is 0 Å². The van der Waals surface area contributed by atoms with E-state index in [2.05, 4.69) is 6.58 Å². The highest BCUT2D eigenvalue weighted by Crippen LogP contribution is 2.13. The molecule has 21 heavy (non-hydrogen) atoms. The summed E-state index contributed by atoms with van der Waals surface area (Å²) in [5, 5.41) is 0. The topological polar surface area (TPSA) is 78.6 Å². The number of esters is 1. The number of amides is 1. The summed E-state index contributed by atoms with van der Waals surface area (Å²) in [5.74, 6) is -0.169. The first kappa shape index (κ1) is 16.5. The summed E-state index contributed by atoms with van der Waals surface area (Å²) in [4.78, 5) is 21.7. The van der Waals surface area contributed by atoms with Crippen molar-refractivity contribution in [2.45, 2.75) is 13.3 Å². The van der Waals surface area contributed by atoms with Crippen LogP contribution in [0.5, 0.6) is 5.75 Å². The van der Waals surface area contributed by atoms with Crippen LogP contribution in [-0.4, -0.2) is 25.1 Å². The van der Waals surface area contributed by atoms with Gasteiger partial charge in [0.05, 0.1) is 13.2 Å². The number of carbonyl (C=O) groups excluding carboxylic acids is 2. The lowest BCUT2D eigenvalue weighted by Gasteiger charge is -2.07. The largest absolute Gasteiger partial charge is 0.493 e. The molecule has 0 fully saturated rings. The van der Waals surface area contributed by atoms with E-state index < -0.39 is 5.91 Å². The second-order valence-electron chi connectivity index (χ2n) is 4.42. The van der Waals surface area contributed by atoms with Crippen LogP contribution in [-0.2, 0) is 14.3 Å². The molecule has 0 radical (unpaired) electrons. The third-order valence-electron chi connectivity index (χ3n) is 2.46. The van der Waals surface area contributed by atoms with Crippen molar-refractivity contribution in [3.8, 4) is 5.75 Å². The minimum Gasteiger partial charge on any atom is -0.493 e. The summed E-state index contributed by atoms with van der Waals surface area (Å²) in [6, 6.07) is 7.22. The van der Waals surface area contributed by atoms with Crippen LogP contribution in [0.3, 0.4) is 0 Å². The van der Waals surface area contributed by atoms with Crippen molar-refractivity contribution in [3.05, 3.63) is 48.1 Å². The summed E-state index contributed by atoms with van der Waals surface area (Å²) < 4.78 is 10.4. The summed E-state index contributed by atoms with van der Waals surface area (Å²) in [6.45, 7) is 5.84. The third-order valence-corrected chi connectivity index (χ3v) is 2.46. The molecule has 1 aromatic rings. The number of hydrogen-bond donors (Lipinski definition) is 1. The van der Waals surface area contributed by atoms with Gasteiger partial charge in [-0.1, -0.05) is 18.7 Å². The third kappa shape index (κ3) is 6.96. The van der Waals surface area contributed by atoms with Gasteiger partial charge >= 0.3 is 5.97 Å². The van der Waals surface area contributed by atoms with Crippen LogP contribution in [0.25, 0.3) is 6.08 Å². The Labute approximate surface area is 124 Å². The molecule has 1 aromatic carbocycles. The van der Waals surface area contributed by atoms with Gasteiger partial charge in [-0.05, 0) is 30.7 Å². The van der Waals surface area contributed by atoms with E-state index in [0.717, 1.165) is 5.56 Å². The zero-order valence-electron chi connectivity index (χ0n) is 12.0. The molecule has 0 heterocycles. The number of hydrogen-bond acceptors (Lipinski definition) is 4. The fourth-order valence-corrected chi connectivity index (χ4v) is 1.39. The van der Waals surface area contributed by atoms with Gasteiger partial charge < -0.3 is 15.2 Å². The number of benzene rings is 1. The maximum absolute atomic E-state index is 11.1. The van der Waals surface area contributed by atoms with Gasteiger partial charge in [0.15, 0.2) is 0 Å². The lowest BCUT2D eigenvalue weighted by Crippen LogP contribution is -2.09. The fourth-order valence-electron chi connectivity index (χ4n) is 1.39. The zero-order valence-corrected chi connectivity index (χ0v) is 12.0. The molecule has 0 saturated heterocycles. The quantitative estimate of drug-likeness (QED) is 0.451. The maximum atomic E-state index is 11.1. The Balaban J connectivity index is 2.28. The summed E-state index contributed by atoms with van der Waals surface area (Å²) in [7, 11) is 0. The smallest absolute Gasteiger partial charge is 0.333 e. The molecule has 2 N–H and O–H groups in total. The highest BCUT2D eigenvalue weighted by molar-refractivity contribution is 5.90. The molecule has 0 spiro atoms. The van der Waals surface area contributed by atoms with Crippen molar-refractivity contribution < 1.29 is 19.1 Å². The SMILES string of the molecule is C=C(C)C(=O)OCCCOc1ccc(/C=C/C(N)=O)cc1. The van der Waals surface area contributed by atoms with E-state index in [4.69, 9.17) is 15.2 Å². The maximum Gasteiger partial charge on any atom is 0.333 e. The van der Waals surface area contributed by atoms with Crippen molar-refractivity contribution in [1.29, 1.82) is 0 Å². The number of ether oxygens (including phenoxy) is 2. The van der Waals surface area contributed by atoms with Gasteiger partial charge in [-0.3, -0.25) is 4.79 Å². The van der Waals surface area contributed by atoms with Gasteiger partial charge in [0.2, 0.25) is 5.91 Å². The van der Waals surface area contributed by atoms with Gasteiger partial charge in [0.1, 0.15) is 5.75 Å². The number of primary amides is 1. The Morgan fingerprint density at radius 1 is 1.24 bits per heavy atom. The van der Waals surface area contributed by atoms with Gasteiger partial charge in [0, 0.05) is 18.1 Å². The van der Waals surface area contributed by atoms with E-state index in [9.17, 15) is 9.59 Å². The summed E-state index contributed by atoms with van der Waals surface area (Å²) >= 11 is 0. The molecule has 1 amide bonds. The second kappa shape index (κ2) is 8.58. The zero-order chi connectivity index (χ0) is 15.7. The molecule has 0 bridgehead atoms. The average molecular weight is 289 g/mol. The molecule has 0 saturated carbocycles. The van der Waals surface area contributed by atoms with E-state index in [1.165, 1.54) is 6.08 Å². The second-order valence-corrected chi connectivity index (χ2v) is 4.42. The predicted octanol–water partition coefficient (Wildman–Crippen LogP) is 2.07. The van der Waals surface area contributed by atoms with E-state index in [-0.39, 0.29) is 5.97 Å².